The molecule has 0 spiro atoms. The van der Waals surface area contributed by atoms with Gasteiger partial charge in [-0.05, 0) is 37.1 Å². The Morgan fingerprint density at radius 2 is 1.87 bits per heavy atom. The van der Waals surface area contributed by atoms with Crippen LogP contribution in [0, 0.1) is 0 Å². The molecule has 0 bridgehead atoms. The number of rotatable bonds is 3. The summed E-state index contributed by atoms with van der Waals surface area (Å²) in [5, 5.41) is 6.73. The van der Waals surface area contributed by atoms with Crippen LogP contribution in [0.1, 0.15) is 41.9 Å². The van der Waals surface area contributed by atoms with E-state index >= 15 is 0 Å². The first-order valence-electron chi connectivity index (χ1n) is 9.57. The number of hydrogen-bond donors (Lipinski definition) is 1. The molecule has 0 unspecified atom stereocenters. The maximum Gasteiger partial charge on any atom is 0.433 e. The molecule has 0 saturated heterocycles. The van der Waals surface area contributed by atoms with Gasteiger partial charge in [0.2, 0.25) is 6.79 Å². The number of fused-ring (bicyclic) bond motifs is 2. The van der Waals surface area contributed by atoms with Gasteiger partial charge in [0.25, 0.3) is 5.91 Å². The van der Waals surface area contributed by atoms with Gasteiger partial charge in [0.05, 0.1) is 5.69 Å². The van der Waals surface area contributed by atoms with E-state index in [1.165, 1.54) is 6.07 Å². The first-order valence-corrected chi connectivity index (χ1v) is 9.57. The molecule has 1 saturated carbocycles. The first kappa shape index (κ1) is 18.7. The van der Waals surface area contributed by atoms with Gasteiger partial charge in [0.15, 0.2) is 28.5 Å². The highest BCUT2D eigenvalue weighted by atomic mass is 19.4. The van der Waals surface area contributed by atoms with Gasteiger partial charge in [-0.15, -0.1) is 0 Å². The van der Waals surface area contributed by atoms with Crippen LogP contribution in [0.25, 0.3) is 16.9 Å². The quantitative estimate of drug-likeness (QED) is 0.700. The van der Waals surface area contributed by atoms with Crippen molar-refractivity contribution < 1.29 is 27.4 Å². The highest BCUT2D eigenvalue weighted by molar-refractivity contribution is 5.93. The SMILES string of the molecule is O=C(NC1CCCC1)c1cc2nc(-c3ccc4c(c3)OCO4)cc(C(F)(F)F)n2n1. The van der Waals surface area contributed by atoms with E-state index < -0.39 is 17.8 Å². The lowest BCUT2D eigenvalue weighted by atomic mass is 10.1. The maximum absolute atomic E-state index is 13.7. The second-order valence-electron chi connectivity index (χ2n) is 7.35. The third kappa shape index (κ3) is 3.31. The molecule has 3 heterocycles. The lowest BCUT2D eigenvalue weighted by Gasteiger charge is -2.11. The number of ether oxygens (including phenoxy) is 2. The molecule has 7 nitrogen and oxygen atoms in total. The van der Waals surface area contributed by atoms with Crippen molar-refractivity contribution in [2.45, 2.75) is 37.9 Å². The van der Waals surface area contributed by atoms with E-state index in [1.807, 2.05) is 0 Å². The van der Waals surface area contributed by atoms with Crippen LogP contribution in [0.15, 0.2) is 30.3 Å². The van der Waals surface area contributed by atoms with Crippen molar-refractivity contribution in [3.05, 3.63) is 41.7 Å². The van der Waals surface area contributed by atoms with Crippen LogP contribution in [-0.2, 0) is 6.18 Å². The molecule has 2 aromatic heterocycles. The standard InChI is InChI=1S/C20H17F3N4O3/c21-20(22,23)17-8-13(11-5-6-15-16(7-11)30-10-29-15)25-18-9-14(26-27(17)18)19(28)24-12-3-1-2-4-12/h5-9,12H,1-4,10H2,(H,24,28). The van der Waals surface area contributed by atoms with Gasteiger partial charge in [0, 0.05) is 17.7 Å². The Bertz CT molecular complexity index is 1140. The van der Waals surface area contributed by atoms with Crippen LogP contribution in [0.3, 0.4) is 0 Å². The Labute approximate surface area is 168 Å². The molecule has 30 heavy (non-hydrogen) atoms. The molecule has 0 atom stereocenters. The number of aromatic nitrogens is 3. The number of alkyl halides is 3. The zero-order chi connectivity index (χ0) is 20.9. The summed E-state index contributed by atoms with van der Waals surface area (Å²) in [5.74, 6) is 0.462. The smallest absolute Gasteiger partial charge is 0.433 e. The lowest BCUT2D eigenvalue weighted by Crippen LogP contribution is -2.32. The number of hydrogen-bond acceptors (Lipinski definition) is 5. The minimum Gasteiger partial charge on any atom is -0.454 e. The van der Waals surface area contributed by atoms with Crippen LogP contribution in [0.4, 0.5) is 13.2 Å². The number of benzene rings is 1. The molecule has 0 radical (unpaired) electrons. The summed E-state index contributed by atoms with van der Waals surface area (Å²) in [6.45, 7) is 0.0567. The largest absolute Gasteiger partial charge is 0.454 e. The zero-order valence-corrected chi connectivity index (χ0v) is 15.7. The van der Waals surface area contributed by atoms with E-state index in [0.717, 1.165) is 31.7 Å². The predicted molar refractivity (Wildman–Crippen MR) is 99.3 cm³/mol. The molecule has 156 valence electrons. The molecular formula is C20H17F3N4O3. The van der Waals surface area contributed by atoms with E-state index in [9.17, 15) is 18.0 Å². The van der Waals surface area contributed by atoms with Gasteiger partial charge in [-0.3, -0.25) is 4.79 Å². The predicted octanol–water partition coefficient (Wildman–Crippen LogP) is 3.82. The number of carbonyl (C=O) groups excluding carboxylic acids is 1. The summed E-state index contributed by atoms with van der Waals surface area (Å²) in [6.07, 6.45) is -0.917. The summed E-state index contributed by atoms with van der Waals surface area (Å²) in [6, 6.07) is 7.02. The van der Waals surface area contributed by atoms with Crippen LogP contribution in [0.5, 0.6) is 11.5 Å². The zero-order valence-electron chi connectivity index (χ0n) is 15.7. The van der Waals surface area contributed by atoms with Crippen molar-refractivity contribution in [1.29, 1.82) is 0 Å². The van der Waals surface area contributed by atoms with Crippen molar-refractivity contribution in [3.63, 3.8) is 0 Å². The van der Waals surface area contributed by atoms with Crippen LogP contribution in [0.2, 0.25) is 0 Å². The van der Waals surface area contributed by atoms with Gasteiger partial charge >= 0.3 is 6.18 Å². The van der Waals surface area contributed by atoms with Gasteiger partial charge < -0.3 is 14.8 Å². The van der Waals surface area contributed by atoms with E-state index in [4.69, 9.17) is 9.47 Å². The molecule has 1 aromatic carbocycles. The van der Waals surface area contributed by atoms with E-state index in [0.29, 0.717) is 21.6 Å². The minimum atomic E-state index is -4.68. The van der Waals surface area contributed by atoms with Crippen LogP contribution >= 0.6 is 0 Å². The van der Waals surface area contributed by atoms with E-state index in [-0.39, 0.29) is 29.9 Å². The maximum atomic E-state index is 13.7. The summed E-state index contributed by atoms with van der Waals surface area (Å²) in [4.78, 5) is 16.8. The van der Waals surface area contributed by atoms with Crippen LogP contribution in [-0.4, -0.2) is 33.3 Å². The van der Waals surface area contributed by atoms with E-state index in [1.54, 1.807) is 18.2 Å². The molecule has 1 N–H and O–H groups in total. The number of carbonyl (C=O) groups is 1. The van der Waals surface area contributed by atoms with Crippen molar-refractivity contribution in [2.24, 2.45) is 0 Å². The third-order valence-electron chi connectivity index (χ3n) is 5.31. The fourth-order valence-corrected chi connectivity index (χ4v) is 3.82. The molecular weight excluding hydrogens is 401 g/mol. The Balaban J connectivity index is 1.57. The third-order valence-corrected chi connectivity index (χ3v) is 5.31. The van der Waals surface area contributed by atoms with Crippen molar-refractivity contribution in [2.75, 3.05) is 6.79 Å². The van der Waals surface area contributed by atoms with Crippen LogP contribution < -0.4 is 14.8 Å². The van der Waals surface area contributed by atoms with Gasteiger partial charge in [0.1, 0.15) is 0 Å². The fourth-order valence-electron chi connectivity index (χ4n) is 3.82. The molecule has 1 amide bonds. The number of nitrogens with zero attached hydrogens (tertiary/aromatic N) is 3. The van der Waals surface area contributed by atoms with Crippen molar-refractivity contribution >= 4 is 11.6 Å². The lowest BCUT2D eigenvalue weighted by molar-refractivity contribution is -0.142. The van der Waals surface area contributed by atoms with Crippen molar-refractivity contribution in [1.82, 2.24) is 19.9 Å². The highest BCUT2D eigenvalue weighted by Gasteiger charge is 2.36. The minimum absolute atomic E-state index is 0.0292. The number of nitrogens with one attached hydrogen (secondary N) is 1. The molecule has 1 aliphatic carbocycles. The Morgan fingerprint density at radius 1 is 1.10 bits per heavy atom. The molecule has 5 rings (SSSR count). The topological polar surface area (TPSA) is 77.8 Å². The van der Waals surface area contributed by atoms with Gasteiger partial charge in [-0.2, -0.15) is 18.3 Å². The van der Waals surface area contributed by atoms with E-state index in [2.05, 4.69) is 15.4 Å². The van der Waals surface area contributed by atoms with Gasteiger partial charge in [-0.25, -0.2) is 9.50 Å². The average molecular weight is 418 g/mol. The Kier molecular flexibility index (Phi) is 4.30. The molecule has 10 heteroatoms. The fraction of sp³-hybridized carbons (Fsp3) is 0.350. The second kappa shape index (κ2) is 6.89. The first-order chi connectivity index (χ1) is 14.4. The molecule has 1 fully saturated rings. The summed E-state index contributed by atoms with van der Waals surface area (Å²) < 4.78 is 52.4. The molecule has 3 aromatic rings. The average Bonchev–Trinajstić information content (AvgIpc) is 3.45. The number of halogens is 3. The summed E-state index contributed by atoms with van der Waals surface area (Å²) in [5.41, 5.74) is -0.641. The summed E-state index contributed by atoms with van der Waals surface area (Å²) >= 11 is 0. The Morgan fingerprint density at radius 3 is 2.63 bits per heavy atom. The second-order valence-corrected chi connectivity index (χ2v) is 7.35. The molecule has 1 aliphatic heterocycles. The monoisotopic (exact) mass is 418 g/mol. The summed E-state index contributed by atoms with van der Waals surface area (Å²) in [7, 11) is 0. The normalized spacial score (nSPS) is 16.4. The van der Waals surface area contributed by atoms with Gasteiger partial charge in [-0.1, -0.05) is 12.8 Å². The Hall–Kier alpha value is -3.30. The number of amides is 1. The molecule has 2 aliphatic rings. The van der Waals surface area contributed by atoms with Crippen molar-refractivity contribution in [3.8, 4) is 22.8 Å². The highest BCUT2D eigenvalue weighted by Crippen LogP contribution is 2.37.